The second-order valence-corrected chi connectivity index (χ2v) is 4.72. The van der Waals surface area contributed by atoms with E-state index in [-0.39, 0.29) is 11.8 Å². The Bertz CT molecular complexity index is 561. The van der Waals surface area contributed by atoms with Crippen molar-refractivity contribution in [3.05, 3.63) is 48.2 Å². The van der Waals surface area contributed by atoms with Gasteiger partial charge in [0.2, 0.25) is 5.91 Å². The number of nitrogens with zero attached hydrogens (tertiary/aromatic N) is 2. The average molecular weight is 241 g/mol. The molecule has 0 saturated heterocycles. The van der Waals surface area contributed by atoms with Crippen LogP contribution < -0.4 is 5.32 Å². The summed E-state index contributed by atoms with van der Waals surface area (Å²) in [6.45, 7) is 0. The number of rotatable bonds is 3. The summed E-state index contributed by atoms with van der Waals surface area (Å²) >= 11 is 0. The zero-order chi connectivity index (χ0) is 12.5. The third-order valence-corrected chi connectivity index (χ3v) is 3.32. The highest BCUT2D eigenvalue weighted by Crippen LogP contribution is 2.47. The number of aryl methyl sites for hydroxylation is 1. The first-order valence-electron chi connectivity index (χ1n) is 6.09. The van der Waals surface area contributed by atoms with Gasteiger partial charge in [0.15, 0.2) is 5.82 Å². The van der Waals surface area contributed by atoms with Crippen LogP contribution >= 0.6 is 0 Å². The minimum Gasteiger partial charge on any atom is -0.309 e. The van der Waals surface area contributed by atoms with Gasteiger partial charge in [-0.2, -0.15) is 5.10 Å². The molecule has 1 heterocycles. The molecule has 4 heteroatoms. The molecule has 0 bridgehead atoms. The van der Waals surface area contributed by atoms with Gasteiger partial charge in [0.1, 0.15) is 0 Å². The molecule has 1 aromatic heterocycles. The third-order valence-electron chi connectivity index (χ3n) is 3.32. The maximum atomic E-state index is 12.0. The van der Waals surface area contributed by atoms with E-state index >= 15 is 0 Å². The molecule has 1 N–H and O–H groups in total. The lowest BCUT2D eigenvalue weighted by molar-refractivity contribution is -0.117. The smallest absolute Gasteiger partial charge is 0.229 e. The number of hydrogen-bond donors (Lipinski definition) is 1. The summed E-state index contributed by atoms with van der Waals surface area (Å²) in [5.74, 6) is 1.16. The van der Waals surface area contributed by atoms with Gasteiger partial charge in [0.25, 0.3) is 0 Å². The number of amides is 1. The molecule has 3 rings (SSSR count). The number of hydrogen-bond acceptors (Lipinski definition) is 2. The van der Waals surface area contributed by atoms with Crippen molar-refractivity contribution in [2.24, 2.45) is 13.0 Å². The third kappa shape index (κ3) is 2.14. The lowest BCUT2D eigenvalue weighted by Gasteiger charge is -2.01. The zero-order valence-electron chi connectivity index (χ0n) is 10.2. The molecule has 1 amide bonds. The molecule has 1 aliphatic carbocycles. The van der Waals surface area contributed by atoms with Crippen molar-refractivity contribution in [1.82, 2.24) is 9.78 Å². The van der Waals surface area contributed by atoms with Crippen LogP contribution in [0.3, 0.4) is 0 Å². The molecule has 0 aliphatic heterocycles. The predicted octanol–water partition coefficient (Wildman–Crippen LogP) is 2.16. The van der Waals surface area contributed by atoms with Crippen molar-refractivity contribution in [3.63, 3.8) is 0 Å². The fraction of sp³-hybridized carbons (Fsp3) is 0.286. The highest BCUT2D eigenvalue weighted by atomic mass is 16.2. The quantitative estimate of drug-likeness (QED) is 0.895. The Labute approximate surface area is 106 Å². The van der Waals surface area contributed by atoms with Gasteiger partial charge in [-0.3, -0.25) is 9.48 Å². The van der Waals surface area contributed by atoms with Crippen LogP contribution in [-0.2, 0) is 11.8 Å². The van der Waals surface area contributed by atoms with Crippen LogP contribution in [0.5, 0.6) is 0 Å². The first kappa shape index (κ1) is 11.0. The van der Waals surface area contributed by atoms with Crippen LogP contribution in [0.25, 0.3) is 0 Å². The molecule has 1 saturated carbocycles. The van der Waals surface area contributed by atoms with Gasteiger partial charge in [-0.1, -0.05) is 30.3 Å². The largest absolute Gasteiger partial charge is 0.309 e. The number of carbonyl (C=O) groups is 1. The Hall–Kier alpha value is -2.10. The van der Waals surface area contributed by atoms with Gasteiger partial charge in [0.05, 0.1) is 0 Å². The van der Waals surface area contributed by atoms with E-state index in [0.717, 1.165) is 6.42 Å². The fourth-order valence-corrected chi connectivity index (χ4v) is 2.25. The van der Waals surface area contributed by atoms with Crippen molar-refractivity contribution >= 4 is 11.7 Å². The Morgan fingerprint density at radius 2 is 2.11 bits per heavy atom. The molecular weight excluding hydrogens is 226 g/mol. The highest BCUT2D eigenvalue weighted by Gasteiger charge is 2.43. The maximum absolute atomic E-state index is 12.0. The minimum absolute atomic E-state index is 0.0718. The summed E-state index contributed by atoms with van der Waals surface area (Å²) in [7, 11) is 1.83. The standard InChI is InChI=1S/C14H15N3O/c1-17-8-7-13(16-17)15-14(18)12-9-11(12)10-5-3-2-4-6-10/h2-8,11-12H,9H2,1H3,(H,15,16,18). The van der Waals surface area contributed by atoms with E-state index in [9.17, 15) is 4.79 Å². The van der Waals surface area contributed by atoms with E-state index in [0.29, 0.717) is 11.7 Å². The van der Waals surface area contributed by atoms with Gasteiger partial charge in [-0.25, -0.2) is 0 Å². The van der Waals surface area contributed by atoms with Gasteiger partial charge < -0.3 is 5.32 Å². The molecule has 18 heavy (non-hydrogen) atoms. The number of nitrogens with one attached hydrogen (secondary N) is 1. The number of aromatic nitrogens is 2. The summed E-state index contributed by atoms with van der Waals surface area (Å²) in [5, 5.41) is 7.00. The minimum atomic E-state index is 0.0718. The van der Waals surface area contributed by atoms with Crippen LogP contribution in [0.1, 0.15) is 17.9 Å². The Morgan fingerprint density at radius 1 is 1.33 bits per heavy atom. The van der Waals surface area contributed by atoms with E-state index in [4.69, 9.17) is 0 Å². The van der Waals surface area contributed by atoms with E-state index < -0.39 is 0 Å². The van der Waals surface area contributed by atoms with Gasteiger partial charge in [-0.15, -0.1) is 0 Å². The molecule has 0 spiro atoms. The number of anilines is 1. The SMILES string of the molecule is Cn1ccc(NC(=O)C2CC2c2ccccc2)n1. The van der Waals surface area contributed by atoms with Crippen LogP contribution in [0.4, 0.5) is 5.82 Å². The van der Waals surface area contributed by atoms with Crippen LogP contribution in [0.2, 0.25) is 0 Å². The Balaban J connectivity index is 1.63. The summed E-state index contributed by atoms with van der Waals surface area (Å²) in [5.41, 5.74) is 1.25. The average Bonchev–Trinajstić information content (AvgIpc) is 3.09. The van der Waals surface area contributed by atoms with Gasteiger partial charge >= 0.3 is 0 Å². The first-order chi connectivity index (χ1) is 8.74. The highest BCUT2D eigenvalue weighted by molar-refractivity contribution is 5.94. The Kier molecular flexibility index (Phi) is 2.63. The second kappa shape index (κ2) is 4.29. The van der Waals surface area contributed by atoms with E-state index in [2.05, 4.69) is 22.5 Å². The molecular formula is C14H15N3O. The molecule has 2 unspecified atom stereocenters. The van der Waals surface area contributed by atoms with E-state index in [1.165, 1.54) is 5.56 Å². The van der Waals surface area contributed by atoms with Crippen molar-refractivity contribution in [2.75, 3.05) is 5.32 Å². The molecule has 1 aromatic carbocycles. The van der Waals surface area contributed by atoms with Crippen molar-refractivity contribution in [3.8, 4) is 0 Å². The van der Waals surface area contributed by atoms with Gasteiger partial charge in [-0.05, 0) is 17.9 Å². The summed E-state index contributed by atoms with van der Waals surface area (Å²) < 4.78 is 1.68. The fourth-order valence-electron chi connectivity index (χ4n) is 2.25. The molecule has 4 nitrogen and oxygen atoms in total. The van der Waals surface area contributed by atoms with Crippen molar-refractivity contribution in [2.45, 2.75) is 12.3 Å². The number of carbonyl (C=O) groups excluding carboxylic acids is 1. The monoisotopic (exact) mass is 241 g/mol. The Morgan fingerprint density at radius 3 is 2.78 bits per heavy atom. The summed E-state index contributed by atoms with van der Waals surface area (Å²) in [4.78, 5) is 12.0. The van der Waals surface area contributed by atoms with Crippen molar-refractivity contribution < 1.29 is 4.79 Å². The normalized spacial score (nSPS) is 21.6. The molecule has 2 aromatic rings. The number of benzene rings is 1. The predicted molar refractivity (Wildman–Crippen MR) is 69.1 cm³/mol. The molecule has 2 atom stereocenters. The molecule has 1 fully saturated rings. The van der Waals surface area contributed by atoms with Gasteiger partial charge in [0, 0.05) is 25.2 Å². The van der Waals surface area contributed by atoms with E-state index in [1.807, 2.05) is 31.4 Å². The maximum Gasteiger partial charge on any atom is 0.229 e. The van der Waals surface area contributed by atoms with Crippen LogP contribution in [0.15, 0.2) is 42.6 Å². The molecule has 92 valence electrons. The molecule has 1 aliphatic rings. The molecule has 0 radical (unpaired) electrons. The van der Waals surface area contributed by atoms with E-state index in [1.54, 1.807) is 10.7 Å². The van der Waals surface area contributed by atoms with Crippen LogP contribution in [-0.4, -0.2) is 15.7 Å². The summed E-state index contributed by atoms with van der Waals surface area (Å²) in [6, 6.07) is 12.0. The van der Waals surface area contributed by atoms with Crippen LogP contribution in [0, 0.1) is 5.92 Å². The lowest BCUT2D eigenvalue weighted by Crippen LogP contribution is -2.15. The first-order valence-corrected chi connectivity index (χ1v) is 6.09. The second-order valence-electron chi connectivity index (χ2n) is 4.72. The van der Waals surface area contributed by atoms with Crippen molar-refractivity contribution in [1.29, 1.82) is 0 Å². The lowest BCUT2D eigenvalue weighted by atomic mass is 10.1. The summed E-state index contributed by atoms with van der Waals surface area (Å²) in [6.07, 6.45) is 2.75. The zero-order valence-corrected chi connectivity index (χ0v) is 10.2. The topological polar surface area (TPSA) is 46.9 Å².